The number of carbonyl (C=O) groups is 1. The van der Waals surface area contributed by atoms with Crippen LogP contribution in [-0.4, -0.2) is 38.0 Å². The van der Waals surface area contributed by atoms with Crippen molar-refractivity contribution in [1.29, 1.82) is 0 Å². The van der Waals surface area contributed by atoms with Crippen molar-refractivity contribution < 1.29 is 4.79 Å². The predicted octanol–water partition coefficient (Wildman–Crippen LogP) is 3.45. The van der Waals surface area contributed by atoms with E-state index in [1.165, 1.54) is 0 Å². The number of hydrogen-bond donors (Lipinski definition) is 0. The highest BCUT2D eigenvalue weighted by Crippen LogP contribution is 2.28. The second-order valence-electron chi connectivity index (χ2n) is 7.02. The van der Waals surface area contributed by atoms with Gasteiger partial charge in [-0.1, -0.05) is 30.3 Å². The molecule has 0 bridgehead atoms. The molecule has 1 atom stereocenters. The van der Waals surface area contributed by atoms with Gasteiger partial charge in [0.25, 0.3) is 5.91 Å². The van der Waals surface area contributed by atoms with Crippen LogP contribution >= 0.6 is 0 Å². The van der Waals surface area contributed by atoms with E-state index >= 15 is 0 Å². The fraction of sp³-hybridized carbons (Fsp3) is 0.333. The van der Waals surface area contributed by atoms with Gasteiger partial charge in [0, 0.05) is 51.2 Å². The minimum Gasteiger partial charge on any atom is -0.340 e. The average molecular weight is 348 g/mol. The van der Waals surface area contributed by atoms with E-state index in [1.54, 1.807) is 0 Å². The van der Waals surface area contributed by atoms with Crippen molar-refractivity contribution in [2.24, 2.45) is 14.1 Å². The molecule has 1 aliphatic heterocycles. The van der Waals surface area contributed by atoms with Crippen LogP contribution in [0.4, 0.5) is 0 Å². The van der Waals surface area contributed by atoms with Crippen molar-refractivity contribution in [1.82, 2.24) is 19.0 Å². The summed E-state index contributed by atoms with van der Waals surface area (Å²) in [5, 5.41) is 0. The third kappa shape index (κ3) is 2.94. The van der Waals surface area contributed by atoms with E-state index in [2.05, 4.69) is 21.7 Å². The Morgan fingerprint density at radius 3 is 2.65 bits per heavy atom. The van der Waals surface area contributed by atoms with Gasteiger partial charge in [0.15, 0.2) is 0 Å². The number of carbonyl (C=O) groups excluding carboxylic acids is 1. The highest BCUT2D eigenvalue weighted by molar-refractivity contribution is 5.94. The van der Waals surface area contributed by atoms with E-state index in [0.717, 1.165) is 48.7 Å². The summed E-state index contributed by atoms with van der Waals surface area (Å²) in [7, 11) is 3.99. The number of imidazole rings is 1. The van der Waals surface area contributed by atoms with Crippen molar-refractivity contribution in [3.63, 3.8) is 0 Å². The number of benzene rings is 1. The maximum atomic E-state index is 13.1. The Hall–Kier alpha value is -2.82. The van der Waals surface area contributed by atoms with E-state index in [4.69, 9.17) is 0 Å². The van der Waals surface area contributed by atoms with Crippen LogP contribution in [0.5, 0.6) is 0 Å². The van der Waals surface area contributed by atoms with Crippen LogP contribution in [0, 0.1) is 0 Å². The van der Waals surface area contributed by atoms with Gasteiger partial charge in [-0.15, -0.1) is 0 Å². The molecule has 0 spiro atoms. The number of rotatable bonds is 3. The highest BCUT2D eigenvalue weighted by Gasteiger charge is 2.28. The number of hydrogen-bond acceptors (Lipinski definition) is 2. The Kier molecular flexibility index (Phi) is 4.37. The summed E-state index contributed by atoms with van der Waals surface area (Å²) in [5.74, 6) is 1.48. The van der Waals surface area contributed by atoms with Gasteiger partial charge >= 0.3 is 0 Å². The van der Waals surface area contributed by atoms with Gasteiger partial charge in [-0.3, -0.25) is 4.79 Å². The minimum atomic E-state index is 0.105. The van der Waals surface area contributed by atoms with Gasteiger partial charge in [-0.25, -0.2) is 4.98 Å². The lowest BCUT2D eigenvalue weighted by Crippen LogP contribution is -2.40. The lowest BCUT2D eigenvalue weighted by molar-refractivity contribution is 0.0694. The Morgan fingerprint density at radius 2 is 1.92 bits per heavy atom. The zero-order valence-corrected chi connectivity index (χ0v) is 15.3. The van der Waals surface area contributed by atoms with Crippen molar-refractivity contribution in [2.75, 3.05) is 13.1 Å². The van der Waals surface area contributed by atoms with E-state index in [1.807, 2.05) is 66.3 Å². The van der Waals surface area contributed by atoms with Crippen LogP contribution in [0.2, 0.25) is 0 Å². The average Bonchev–Trinajstić information content (AvgIpc) is 3.27. The topological polar surface area (TPSA) is 43.1 Å². The molecule has 5 heteroatoms. The van der Waals surface area contributed by atoms with Crippen LogP contribution in [-0.2, 0) is 14.1 Å². The monoisotopic (exact) mass is 348 g/mol. The molecule has 2 aromatic heterocycles. The smallest absolute Gasteiger partial charge is 0.270 e. The molecule has 1 saturated heterocycles. The first kappa shape index (κ1) is 16.6. The van der Waals surface area contributed by atoms with E-state index in [-0.39, 0.29) is 5.91 Å². The molecular weight excluding hydrogens is 324 g/mol. The highest BCUT2D eigenvalue weighted by atomic mass is 16.2. The lowest BCUT2D eigenvalue weighted by atomic mass is 9.97. The summed E-state index contributed by atoms with van der Waals surface area (Å²) in [5.41, 5.74) is 2.93. The second kappa shape index (κ2) is 6.83. The number of nitrogens with zero attached hydrogens (tertiary/aromatic N) is 4. The Balaban J connectivity index is 1.56. The van der Waals surface area contributed by atoms with Gasteiger partial charge in [0.2, 0.25) is 0 Å². The third-order valence-electron chi connectivity index (χ3n) is 5.34. The summed E-state index contributed by atoms with van der Waals surface area (Å²) in [6, 6.07) is 14.2. The number of piperidine rings is 1. The first-order valence-corrected chi connectivity index (χ1v) is 9.13. The van der Waals surface area contributed by atoms with Gasteiger partial charge in [-0.05, 0) is 30.5 Å². The molecule has 1 aliphatic rings. The van der Waals surface area contributed by atoms with Gasteiger partial charge in [-0.2, -0.15) is 0 Å². The van der Waals surface area contributed by atoms with Crippen LogP contribution in [0.1, 0.15) is 35.1 Å². The zero-order chi connectivity index (χ0) is 18.1. The summed E-state index contributed by atoms with van der Waals surface area (Å²) in [6.45, 7) is 1.54. The van der Waals surface area contributed by atoms with Crippen molar-refractivity contribution in [3.05, 3.63) is 66.4 Å². The Labute approximate surface area is 153 Å². The molecule has 1 aromatic carbocycles. The molecule has 26 heavy (non-hydrogen) atoms. The van der Waals surface area contributed by atoms with E-state index in [9.17, 15) is 4.79 Å². The summed E-state index contributed by atoms with van der Waals surface area (Å²) < 4.78 is 4.07. The molecule has 0 unspecified atom stereocenters. The second-order valence-corrected chi connectivity index (χ2v) is 7.02. The first-order chi connectivity index (χ1) is 12.6. The summed E-state index contributed by atoms with van der Waals surface area (Å²) >= 11 is 0. The van der Waals surface area contributed by atoms with Crippen LogP contribution in [0.15, 0.2) is 54.9 Å². The summed E-state index contributed by atoms with van der Waals surface area (Å²) in [4.78, 5) is 19.6. The molecule has 3 heterocycles. The van der Waals surface area contributed by atoms with Gasteiger partial charge in [0.1, 0.15) is 11.5 Å². The normalized spacial score (nSPS) is 17.5. The number of likely N-dealkylation sites (tertiary alicyclic amines) is 1. The predicted molar refractivity (Wildman–Crippen MR) is 102 cm³/mol. The van der Waals surface area contributed by atoms with Gasteiger partial charge in [0.05, 0.1) is 0 Å². The van der Waals surface area contributed by atoms with Crippen LogP contribution in [0.3, 0.4) is 0 Å². The Morgan fingerprint density at radius 1 is 1.12 bits per heavy atom. The molecule has 0 N–H and O–H groups in total. The molecule has 0 radical (unpaired) electrons. The molecule has 4 rings (SSSR count). The fourth-order valence-electron chi connectivity index (χ4n) is 3.93. The number of aromatic nitrogens is 3. The third-order valence-corrected chi connectivity index (χ3v) is 5.34. The summed E-state index contributed by atoms with van der Waals surface area (Å²) in [6.07, 6.45) is 5.90. The maximum Gasteiger partial charge on any atom is 0.270 e. The molecule has 0 saturated carbocycles. The zero-order valence-electron chi connectivity index (χ0n) is 15.3. The van der Waals surface area contributed by atoms with Gasteiger partial charge < -0.3 is 14.0 Å². The standard InChI is InChI=1S/C21H24N4O/c1-23-14-12-22-20(23)17-9-6-13-25(15-17)21(26)19-11-10-18(24(19)2)16-7-4-3-5-8-16/h3-5,7-8,10-12,14,17H,6,9,13,15H2,1-2H3/t17-/m1/s1. The molecule has 1 amide bonds. The lowest BCUT2D eigenvalue weighted by Gasteiger charge is -2.32. The fourth-order valence-corrected chi connectivity index (χ4v) is 3.93. The molecule has 3 aromatic rings. The van der Waals surface area contributed by atoms with Crippen LogP contribution < -0.4 is 0 Å². The molecular formula is C21H24N4O. The maximum absolute atomic E-state index is 13.1. The first-order valence-electron chi connectivity index (χ1n) is 9.13. The largest absolute Gasteiger partial charge is 0.340 e. The quantitative estimate of drug-likeness (QED) is 0.728. The molecule has 5 nitrogen and oxygen atoms in total. The SMILES string of the molecule is Cn1ccnc1[C@@H]1CCCN(C(=O)c2ccc(-c3ccccc3)n2C)C1. The van der Waals surface area contributed by atoms with Crippen LogP contribution in [0.25, 0.3) is 11.3 Å². The Bertz CT molecular complexity index is 909. The number of amides is 1. The molecule has 1 fully saturated rings. The van der Waals surface area contributed by atoms with Crippen molar-refractivity contribution in [3.8, 4) is 11.3 Å². The van der Waals surface area contributed by atoms with E-state index in [0.29, 0.717) is 5.92 Å². The van der Waals surface area contributed by atoms with E-state index < -0.39 is 0 Å². The van der Waals surface area contributed by atoms with Crippen molar-refractivity contribution in [2.45, 2.75) is 18.8 Å². The number of aryl methyl sites for hydroxylation is 1. The minimum absolute atomic E-state index is 0.105. The van der Waals surface area contributed by atoms with Crippen molar-refractivity contribution >= 4 is 5.91 Å². The molecule has 0 aliphatic carbocycles. The molecule has 134 valence electrons.